The van der Waals surface area contributed by atoms with Gasteiger partial charge in [-0.15, -0.1) is 0 Å². The van der Waals surface area contributed by atoms with Crippen LogP contribution in [0.1, 0.15) is 43.4 Å². The standard InChI is InChI=1S/C16H26N2O3/c1-12(18-9-5-4-6-16(17)19)13-7-8-15(21-3)14(10-13)11-20-2/h7-8,10,12,18H,4-6,9,11H2,1-3H3,(H2,17,19). The van der Waals surface area contributed by atoms with Gasteiger partial charge in [0.1, 0.15) is 5.75 Å². The Kier molecular flexibility index (Phi) is 7.79. The Hall–Kier alpha value is -1.59. The Morgan fingerprint density at radius 3 is 2.71 bits per heavy atom. The van der Waals surface area contributed by atoms with Crippen molar-refractivity contribution >= 4 is 5.91 Å². The van der Waals surface area contributed by atoms with Gasteiger partial charge in [-0.2, -0.15) is 0 Å². The lowest BCUT2D eigenvalue weighted by Gasteiger charge is -2.17. The molecule has 0 bridgehead atoms. The van der Waals surface area contributed by atoms with Crippen LogP contribution >= 0.6 is 0 Å². The van der Waals surface area contributed by atoms with Crippen molar-refractivity contribution in [2.45, 2.75) is 38.8 Å². The maximum absolute atomic E-state index is 10.7. The molecule has 5 heteroatoms. The largest absolute Gasteiger partial charge is 0.496 e. The molecule has 0 fully saturated rings. The molecule has 0 radical (unpaired) electrons. The van der Waals surface area contributed by atoms with Crippen LogP contribution in [-0.4, -0.2) is 26.7 Å². The van der Waals surface area contributed by atoms with E-state index >= 15 is 0 Å². The summed E-state index contributed by atoms with van der Waals surface area (Å²) in [6, 6.07) is 6.36. The number of nitrogens with two attached hydrogens (primary N) is 1. The number of methoxy groups -OCH3 is 2. The van der Waals surface area contributed by atoms with Crippen molar-refractivity contribution in [2.75, 3.05) is 20.8 Å². The van der Waals surface area contributed by atoms with Crippen LogP contribution in [0.3, 0.4) is 0 Å². The molecule has 0 aliphatic rings. The molecular formula is C16H26N2O3. The Labute approximate surface area is 126 Å². The van der Waals surface area contributed by atoms with Crippen LogP contribution < -0.4 is 15.8 Å². The van der Waals surface area contributed by atoms with Gasteiger partial charge in [-0.25, -0.2) is 0 Å². The summed E-state index contributed by atoms with van der Waals surface area (Å²) in [5, 5.41) is 3.45. The number of unbranched alkanes of at least 4 members (excludes halogenated alkanes) is 1. The van der Waals surface area contributed by atoms with Gasteiger partial charge in [-0.3, -0.25) is 4.79 Å². The Morgan fingerprint density at radius 2 is 2.10 bits per heavy atom. The summed E-state index contributed by atoms with van der Waals surface area (Å²) < 4.78 is 10.5. The van der Waals surface area contributed by atoms with Gasteiger partial charge in [0.15, 0.2) is 0 Å². The van der Waals surface area contributed by atoms with Gasteiger partial charge in [-0.1, -0.05) is 6.07 Å². The number of benzene rings is 1. The molecule has 0 saturated carbocycles. The third-order valence-corrected chi connectivity index (χ3v) is 3.40. The van der Waals surface area contributed by atoms with E-state index in [1.807, 2.05) is 6.07 Å². The van der Waals surface area contributed by atoms with Crippen LogP contribution in [0.4, 0.5) is 0 Å². The Bertz CT molecular complexity index is 449. The summed E-state index contributed by atoms with van der Waals surface area (Å²) in [6.07, 6.45) is 2.22. The number of hydrogen-bond donors (Lipinski definition) is 2. The topological polar surface area (TPSA) is 73.6 Å². The fraction of sp³-hybridized carbons (Fsp3) is 0.562. The van der Waals surface area contributed by atoms with Crippen molar-refractivity contribution in [2.24, 2.45) is 5.73 Å². The second-order valence-electron chi connectivity index (χ2n) is 5.10. The average Bonchev–Trinajstić information content (AvgIpc) is 2.46. The Balaban J connectivity index is 2.51. The van der Waals surface area contributed by atoms with Gasteiger partial charge in [0.2, 0.25) is 5.91 Å². The fourth-order valence-corrected chi connectivity index (χ4v) is 2.20. The van der Waals surface area contributed by atoms with Crippen molar-refractivity contribution in [1.29, 1.82) is 0 Å². The van der Waals surface area contributed by atoms with Gasteiger partial charge in [0, 0.05) is 25.1 Å². The van der Waals surface area contributed by atoms with E-state index in [-0.39, 0.29) is 11.9 Å². The van der Waals surface area contributed by atoms with Crippen LogP contribution in [0.2, 0.25) is 0 Å². The molecule has 1 atom stereocenters. The molecule has 1 aromatic rings. The van der Waals surface area contributed by atoms with E-state index in [4.69, 9.17) is 15.2 Å². The summed E-state index contributed by atoms with van der Waals surface area (Å²) in [4.78, 5) is 10.7. The molecule has 1 aromatic carbocycles. The van der Waals surface area contributed by atoms with Crippen LogP contribution in [0.25, 0.3) is 0 Å². The maximum Gasteiger partial charge on any atom is 0.217 e. The minimum absolute atomic E-state index is 0.234. The van der Waals surface area contributed by atoms with Gasteiger partial charge >= 0.3 is 0 Å². The van der Waals surface area contributed by atoms with Gasteiger partial charge in [0.25, 0.3) is 0 Å². The molecule has 1 rings (SSSR count). The first-order valence-corrected chi connectivity index (χ1v) is 7.26. The van der Waals surface area contributed by atoms with E-state index in [1.165, 1.54) is 5.56 Å². The van der Waals surface area contributed by atoms with Crippen LogP contribution in [0.5, 0.6) is 5.75 Å². The molecule has 0 aromatic heterocycles. The van der Waals surface area contributed by atoms with Crippen molar-refractivity contribution in [1.82, 2.24) is 5.32 Å². The fourth-order valence-electron chi connectivity index (χ4n) is 2.20. The number of nitrogens with one attached hydrogen (secondary N) is 1. The van der Waals surface area contributed by atoms with E-state index in [0.717, 1.165) is 30.7 Å². The molecule has 0 spiro atoms. The minimum atomic E-state index is -0.234. The van der Waals surface area contributed by atoms with Crippen molar-refractivity contribution < 1.29 is 14.3 Å². The molecule has 5 nitrogen and oxygen atoms in total. The molecule has 0 saturated heterocycles. The molecule has 0 heterocycles. The van der Waals surface area contributed by atoms with Gasteiger partial charge in [-0.05, 0) is 44.0 Å². The van der Waals surface area contributed by atoms with E-state index < -0.39 is 0 Å². The summed E-state index contributed by atoms with van der Waals surface area (Å²) in [6.45, 7) is 3.51. The second-order valence-corrected chi connectivity index (χ2v) is 5.10. The SMILES string of the molecule is COCc1cc(C(C)NCCCCC(N)=O)ccc1OC. The molecule has 1 amide bonds. The van der Waals surface area contributed by atoms with Crippen LogP contribution in [0, 0.1) is 0 Å². The van der Waals surface area contributed by atoms with Crippen molar-refractivity contribution in [3.8, 4) is 5.75 Å². The number of carbonyl (C=O) groups is 1. The zero-order valence-electron chi connectivity index (χ0n) is 13.1. The summed E-state index contributed by atoms with van der Waals surface area (Å²) in [5.41, 5.74) is 7.35. The average molecular weight is 294 g/mol. The number of carbonyl (C=O) groups excluding carboxylic acids is 1. The zero-order chi connectivity index (χ0) is 15.7. The predicted molar refractivity (Wildman–Crippen MR) is 83.2 cm³/mol. The first-order valence-electron chi connectivity index (χ1n) is 7.26. The Morgan fingerprint density at radius 1 is 1.33 bits per heavy atom. The lowest BCUT2D eigenvalue weighted by molar-refractivity contribution is -0.118. The maximum atomic E-state index is 10.7. The molecule has 0 aliphatic heterocycles. The van der Waals surface area contributed by atoms with Gasteiger partial charge in [0.05, 0.1) is 13.7 Å². The molecule has 0 aliphatic carbocycles. The highest BCUT2D eigenvalue weighted by atomic mass is 16.5. The van der Waals surface area contributed by atoms with E-state index in [1.54, 1.807) is 14.2 Å². The third kappa shape index (κ3) is 6.14. The number of ether oxygens (including phenoxy) is 2. The lowest BCUT2D eigenvalue weighted by atomic mass is 10.0. The molecular weight excluding hydrogens is 268 g/mol. The van der Waals surface area contributed by atoms with E-state index in [9.17, 15) is 4.79 Å². The van der Waals surface area contributed by atoms with E-state index in [0.29, 0.717) is 13.0 Å². The van der Waals surface area contributed by atoms with Gasteiger partial charge < -0.3 is 20.5 Å². The second kappa shape index (κ2) is 9.37. The smallest absolute Gasteiger partial charge is 0.217 e. The molecule has 118 valence electrons. The minimum Gasteiger partial charge on any atom is -0.496 e. The third-order valence-electron chi connectivity index (χ3n) is 3.40. The highest BCUT2D eigenvalue weighted by molar-refractivity contribution is 5.73. The van der Waals surface area contributed by atoms with Crippen molar-refractivity contribution in [3.63, 3.8) is 0 Å². The highest BCUT2D eigenvalue weighted by Gasteiger charge is 2.09. The molecule has 21 heavy (non-hydrogen) atoms. The summed E-state index contributed by atoms with van der Waals surface area (Å²) in [5.74, 6) is 0.608. The number of hydrogen-bond acceptors (Lipinski definition) is 4. The molecule has 1 unspecified atom stereocenters. The quantitative estimate of drug-likeness (QED) is 0.648. The number of amides is 1. The monoisotopic (exact) mass is 294 g/mol. The summed E-state index contributed by atoms with van der Waals surface area (Å²) >= 11 is 0. The number of rotatable bonds is 10. The van der Waals surface area contributed by atoms with Crippen LogP contribution in [0.15, 0.2) is 18.2 Å². The number of primary amides is 1. The first-order chi connectivity index (χ1) is 10.1. The predicted octanol–water partition coefficient (Wildman–Crippen LogP) is 2.15. The molecule has 3 N–H and O–H groups in total. The van der Waals surface area contributed by atoms with E-state index in [2.05, 4.69) is 24.4 Å². The first kappa shape index (κ1) is 17.5. The van der Waals surface area contributed by atoms with Crippen LogP contribution in [-0.2, 0) is 16.1 Å². The zero-order valence-corrected chi connectivity index (χ0v) is 13.1. The lowest BCUT2D eigenvalue weighted by Crippen LogP contribution is -2.20. The highest BCUT2D eigenvalue weighted by Crippen LogP contribution is 2.24. The summed E-state index contributed by atoms with van der Waals surface area (Å²) in [7, 11) is 3.33. The normalized spacial score (nSPS) is 12.1. The van der Waals surface area contributed by atoms with Crippen molar-refractivity contribution in [3.05, 3.63) is 29.3 Å².